The maximum Gasteiger partial charge on any atom is -0.00489 e. The Hall–Kier alpha value is -0.0800. The van der Waals surface area contributed by atoms with E-state index in [2.05, 4.69) is 31.4 Å². The number of unbranched alkanes of at least 4 members (excludes halogenated alkanes) is 1. The fourth-order valence-corrected chi connectivity index (χ4v) is 2.89. The van der Waals surface area contributed by atoms with Gasteiger partial charge in [0.1, 0.15) is 0 Å². The highest BCUT2D eigenvalue weighted by Gasteiger charge is 2.13. The molecule has 1 aliphatic heterocycles. The van der Waals surface area contributed by atoms with Crippen molar-refractivity contribution in [1.29, 1.82) is 0 Å². The zero-order valence-electron chi connectivity index (χ0n) is 14.6. The Balaban J connectivity index is 0.000000276. The van der Waals surface area contributed by atoms with Gasteiger partial charge < -0.3 is 10.6 Å². The third-order valence-electron chi connectivity index (χ3n) is 4.19. The summed E-state index contributed by atoms with van der Waals surface area (Å²) in [5, 5.41) is 6.35. The van der Waals surface area contributed by atoms with Gasteiger partial charge in [0.25, 0.3) is 0 Å². The Bertz CT molecular complexity index is 155. The van der Waals surface area contributed by atoms with Gasteiger partial charge in [-0.2, -0.15) is 0 Å². The lowest BCUT2D eigenvalue weighted by atomic mass is 9.84. The van der Waals surface area contributed by atoms with Gasteiger partial charge in [-0.25, -0.2) is 0 Å². The van der Waals surface area contributed by atoms with Crippen LogP contribution in [0.5, 0.6) is 0 Å². The third-order valence-corrected chi connectivity index (χ3v) is 4.19. The Kier molecular flexibility index (Phi) is 15.3. The molecule has 2 nitrogen and oxygen atoms in total. The number of piperidine rings is 1. The van der Waals surface area contributed by atoms with Crippen LogP contribution in [0.3, 0.4) is 0 Å². The lowest BCUT2D eigenvalue weighted by Gasteiger charge is -2.22. The summed E-state index contributed by atoms with van der Waals surface area (Å²) in [4.78, 5) is 0. The van der Waals surface area contributed by atoms with E-state index in [0.29, 0.717) is 0 Å². The Morgan fingerprint density at radius 1 is 0.950 bits per heavy atom. The van der Waals surface area contributed by atoms with Crippen LogP contribution in [0.2, 0.25) is 0 Å². The molecule has 2 N–H and O–H groups in total. The maximum absolute atomic E-state index is 3.28. The largest absolute Gasteiger partial charge is 0.320 e. The molecule has 2 unspecified atom stereocenters. The highest BCUT2D eigenvalue weighted by atomic mass is 14.9. The van der Waals surface area contributed by atoms with E-state index in [-0.39, 0.29) is 0 Å². The molecule has 1 saturated heterocycles. The normalized spacial score (nSPS) is 25.8. The van der Waals surface area contributed by atoms with Crippen molar-refractivity contribution in [2.45, 2.75) is 78.6 Å². The van der Waals surface area contributed by atoms with Gasteiger partial charge in [0, 0.05) is 0 Å². The van der Waals surface area contributed by atoms with Crippen LogP contribution in [-0.4, -0.2) is 26.7 Å². The van der Waals surface area contributed by atoms with Gasteiger partial charge in [-0.1, -0.05) is 52.9 Å². The Morgan fingerprint density at radius 3 is 1.75 bits per heavy atom. The predicted octanol–water partition coefficient (Wildman–Crippen LogP) is 4.60. The molecule has 0 aromatic carbocycles. The first-order valence-corrected chi connectivity index (χ1v) is 9.06. The van der Waals surface area contributed by atoms with Crippen LogP contribution >= 0.6 is 0 Å². The van der Waals surface area contributed by atoms with Gasteiger partial charge in [-0.15, -0.1) is 0 Å². The van der Waals surface area contributed by atoms with Crippen LogP contribution in [0.4, 0.5) is 0 Å². The van der Waals surface area contributed by atoms with E-state index in [1.54, 1.807) is 0 Å². The number of nitrogens with one attached hydrogen (secondary N) is 2. The van der Waals surface area contributed by atoms with E-state index < -0.39 is 0 Å². The van der Waals surface area contributed by atoms with Crippen molar-refractivity contribution in [2.24, 2.45) is 11.8 Å². The average molecular weight is 285 g/mol. The molecule has 0 amide bonds. The fourth-order valence-electron chi connectivity index (χ4n) is 2.89. The Labute approximate surface area is 128 Å². The van der Waals surface area contributed by atoms with Crippen LogP contribution < -0.4 is 10.6 Å². The molecule has 1 aliphatic carbocycles. The second-order valence-corrected chi connectivity index (χ2v) is 6.64. The summed E-state index contributed by atoms with van der Waals surface area (Å²) >= 11 is 0. The molecule has 2 heteroatoms. The van der Waals surface area contributed by atoms with Crippen LogP contribution in [0, 0.1) is 11.8 Å². The SMILES string of the molecule is C1CCNCC1.CC1CCCC(C)C1.CCCCNC. The lowest BCUT2D eigenvalue weighted by Crippen LogP contribution is -2.21. The van der Waals surface area contributed by atoms with Crippen LogP contribution in [0.25, 0.3) is 0 Å². The van der Waals surface area contributed by atoms with Gasteiger partial charge in [-0.05, 0) is 64.2 Å². The summed E-state index contributed by atoms with van der Waals surface area (Å²) in [6.45, 7) is 10.6. The van der Waals surface area contributed by atoms with Crippen LogP contribution in [0.1, 0.15) is 78.6 Å². The molecular weight excluding hydrogens is 244 g/mol. The van der Waals surface area contributed by atoms with Gasteiger partial charge >= 0.3 is 0 Å². The molecule has 2 rings (SSSR count). The van der Waals surface area contributed by atoms with E-state index >= 15 is 0 Å². The van der Waals surface area contributed by atoms with Gasteiger partial charge in [0.2, 0.25) is 0 Å². The van der Waals surface area contributed by atoms with Crippen molar-refractivity contribution in [3.63, 3.8) is 0 Å². The quantitative estimate of drug-likeness (QED) is 0.740. The first kappa shape index (κ1) is 19.9. The van der Waals surface area contributed by atoms with Crippen LogP contribution in [-0.2, 0) is 0 Å². The predicted molar refractivity (Wildman–Crippen MR) is 92.4 cm³/mol. The molecule has 122 valence electrons. The highest BCUT2D eigenvalue weighted by molar-refractivity contribution is 4.66. The smallest absolute Gasteiger partial charge is 0.00489 e. The van der Waals surface area contributed by atoms with Crippen molar-refractivity contribution < 1.29 is 0 Å². The minimum Gasteiger partial charge on any atom is -0.320 e. The number of rotatable bonds is 3. The molecule has 0 bridgehead atoms. The molecule has 0 aromatic heterocycles. The van der Waals surface area contributed by atoms with Crippen LogP contribution in [0.15, 0.2) is 0 Å². The first-order chi connectivity index (χ1) is 9.70. The van der Waals surface area contributed by atoms with E-state index in [9.17, 15) is 0 Å². The Morgan fingerprint density at radius 2 is 1.55 bits per heavy atom. The van der Waals surface area contributed by atoms with E-state index in [1.165, 1.54) is 70.9 Å². The molecule has 0 spiro atoms. The molecule has 0 radical (unpaired) electrons. The zero-order chi connectivity index (χ0) is 15.1. The van der Waals surface area contributed by atoms with Gasteiger partial charge in [0.05, 0.1) is 0 Å². The summed E-state index contributed by atoms with van der Waals surface area (Å²) in [6, 6.07) is 0. The second-order valence-electron chi connectivity index (χ2n) is 6.64. The minimum atomic E-state index is 1.01. The van der Waals surface area contributed by atoms with Gasteiger partial charge in [0.15, 0.2) is 0 Å². The monoisotopic (exact) mass is 284 g/mol. The molecule has 20 heavy (non-hydrogen) atoms. The summed E-state index contributed by atoms with van der Waals surface area (Å²) in [5.41, 5.74) is 0. The molecule has 2 aliphatic rings. The molecule has 2 fully saturated rings. The van der Waals surface area contributed by atoms with Crippen molar-refractivity contribution >= 4 is 0 Å². The maximum atomic E-state index is 3.28. The summed E-state index contributed by atoms with van der Waals surface area (Å²) < 4.78 is 0. The number of hydrogen-bond acceptors (Lipinski definition) is 2. The van der Waals surface area contributed by atoms with E-state index in [4.69, 9.17) is 0 Å². The molecular formula is C18H40N2. The lowest BCUT2D eigenvalue weighted by molar-refractivity contribution is 0.301. The summed E-state index contributed by atoms with van der Waals surface area (Å²) in [6.07, 6.45) is 12.7. The second kappa shape index (κ2) is 15.3. The molecule has 1 saturated carbocycles. The topological polar surface area (TPSA) is 24.1 Å². The third kappa shape index (κ3) is 14.3. The van der Waals surface area contributed by atoms with E-state index in [0.717, 1.165) is 18.4 Å². The molecule has 0 aromatic rings. The van der Waals surface area contributed by atoms with Crippen molar-refractivity contribution in [3.05, 3.63) is 0 Å². The van der Waals surface area contributed by atoms with E-state index in [1.807, 2.05) is 7.05 Å². The standard InChI is InChI=1S/C8H16.C5H11N.C5H13N/c1-7-4-3-5-8(2)6-7;1-2-4-6-5-3-1;1-3-4-5-6-2/h7-8H,3-6H2,1-2H3;6H,1-5H2;6H,3-5H2,1-2H3. The van der Waals surface area contributed by atoms with Crippen molar-refractivity contribution in [2.75, 3.05) is 26.7 Å². The minimum absolute atomic E-state index is 1.01. The summed E-state index contributed by atoms with van der Waals surface area (Å²) in [7, 11) is 1.98. The molecule has 1 heterocycles. The van der Waals surface area contributed by atoms with Crippen molar-refractivity contribution in [1.82, 2.24) is 10.6 Å². The first-order valence-electron chi connectivity index (χ1n) is 9.06. The fraction of sp³-hybridized carbons (Fsp3) is 1.00. The zero-order valence-corrected chi connectivity index (χ0v) is 14.6. The highest BCUT2D eigenvalue weighted by Crippen LogP contribution is 2.27. The van der Waals surface area contributed by atoms with Gasteiger partial charge in [-0.3, -0.25) is 0 Å². The molecule has 2 atom stereocenters. The van der Waals surface area contributed by atoms with Crippen molar-refractivity contribution in [3.8, 4) is 0 Å². The average Bonchev–Trinajstić information content (AvgIpc) is 2.48. The summed E-state index contributed by atoms with van der Waals surface area (Å²) in [5.74, 6) is 2.03. The number of hydrogen-bond donors (Lipinski definition) is 2.